The van der Waals surface area contributed by atoms with E-state index in [1.807, 2.05) is 0 Å². The Kier molecular flexibility index (Phi) is 5.73. The predicted molar refractivity (Wildman–Crippen MR) is 68.8 cm³/mol. The average molecular weight is 228 g/mol. The first-order chi connectivity index (χ1) is 7.62. The van der Waals surface area contributed by atoms with E-state index in [9.17, 15) is 0 Å². The van der Waals surface area contributed by atoms with Crippen molar-refractivity contribution < 1.29 is 4.74 Å². The fraction of sp³-hybridized carbons (Fsp3) is 1.00. The van der Waals surface area contributed by atoms with Crippen LogP contribution in [0.25, 0.3) is 0 Å². The monoisotopic (exact) mass is 228 g/mol. The molecule has 0 bridgehead atoms. The van der Waals surface area contributed by atoms with Crippen molar-refractivity contribution in [2.24, 2.45) is 0 Å². The highest BCUT2D eigenvalue weighted by Crippen LogP contribution is 2.24. The molecule has 1 rings (SSSR count). The second-order valence-corrected chi connectivity index (χ2v) is 5.12. The Bertz CT molecular complexity index is 188. The van der Waals surface area contributed by atoms with Crippen LogP contribution in [0, 0.1) is 0 Å². The summed E-state index contributed by atoms with van der Waals surface area (Å²) >= 11 is 0. The molecule has 3 nitrogen and oxygen atoms in total. The lowest BCUT2D eigenvalue weighted by atomic mass is 9.93. The highest BCUT2D eigenvalue weighted by Gasteiger charge is 2.36. The highest BCUT2D eigenvalue weighted by molar-refractivity contribution is 4.95. The Morgan fingerprint density at radius 1 is 1.25 bits per heavy atom. The van der Waals surface area contributed by atoms with Gasteiger partial charge >= 0.3 is 0 Å². The van der Waals surface area contributed by atoms with E-state index in [1.165, 1.54) is 25.9 Å². The maximum absolute atomic E-state index is 5.60. The minimum atomic E-state index is 0.196. The second kappa shape index (κ2) is 6.58. The van der Waals surface area contributed by atoms with E-state index < -0.39 is 0 Å². The Morgan fingerprint density at radius 3 is 2.38 bits per heavy atom. The molecule has 0 radical (unpaired) electrons. The van der Waals surface area contributed by atoms with Crippen LogP contribution in [0.4, 0.5) is 0 Å². The molecular formula is C13H28N2O. The molecule has 3 heteroatoms. The lowest BCUT2D eigenvalue weighted by Gasteiger charge is -2.42. The summed E-state index contributed by atoms with van der Waals surface area (Å²) in [6, 6.07) is 0.426. The summed E-state index contributed by atoms with van der Waals surface area (Å²) in [5.41, 5.74) is 0.196. The molecule has 0 saturated carbocycles. The van der Waals surface area contributed by atoms with Crippen LogP contribution in [-0.2, 0) is 4.74 Å². The van der Waals surface area contributed by atoms with E-state index in [2.05, 4.69) is 37.9 Å². The van der Waals surface area contributed by atoms with Crippen LogP contribution in [-0.4, -0.2) is 49.3 Å². The largest absolute Gasteiger partial charge is 0.380 e. The normalized spacial score (nSPS) is 20.2. The van der Waals surface area contributed by atoms with Gasteiger partial charge in [0.2, 0.25) is 0 Å². The molecule has 0 aliphatic carbocycles. The van der Waals surface area contributed by atoms with Gasteiger partial charge in [-0.25, -0.2) is 0 Å². The van der Waals surface area contributed by atoms with Gasteiger partial charge in [0.15, 0.2) is 0 Å². The summed E-state index contributed by atoms with van der Waals surface area (Å²) in [5, 5.41) is 3.57. The van der Waals surface area contributed by atoms with Crippen LogP contribution >= 0.6 is 0 Å². The van der Waals surface area contributed by atoms with Crippen molar-refractivity contribution >= 4 is 0 Å². The van der Waals surface area contributed by atoms with Gasteiger partial charge in [-0.15, -0.1) is 0 Å². The molecule has 1 aliphatic rings. The second-order valence-electron chi connectivity index (χ2n) is 5.12. The van der Waals surface area contributed by atoms with E-state index in [-0.39, 0.29) is 5.54 Å². The zero-order valence-corrected chi connectivity index (χ0v) is 11.4. The number of nitrogens with one attached hydrogen (secondary N) is 1. The number of ether oxygens (including phenoxy) is 1. The molecule has 16 heavy (non-hydrogen) atoms. The van der Waals surface area contributed by atoms with Crippen LogP contribution in [0.3, 0.4) is 0 Å². The molecule has 0 aromatic rings. The number of hydrogen-bond acceptors (Lipinski definition) is 3. The topological polar surface area (TPSA) is 24.5 Å². The summed E-state index contributed by atoms with van der Waals surface area (Å²) in [4.78, 5) is 2.60. The van der Waals surface area contributed by atoms with Gasteiger partial charge in [-0.2, -0.15) is 0 Å². The Balaban J connectivity index is 2.57. The first-order valence-corrected chi connectivity index (χ1v) is 6.69. The third kappa shape index (κ3) is 3.44. The lowest BCUT2D eigenvalue weighted by Crippen LogP contribution is -2.58. The van der Waals surface area contributed by atoms with Crippen molar-refractivity contribution in [2.75, 3.05) is 32.8 Å². The summed E-state index contributed by atoms with van der Waals surface area (Å²) in [5.74, 6) is 0. The molecule has 0 spiro atoms. The van der Waals surface area contributed by atoms with Gasteiger partial charge < -0.3 is 10.1 Å². The Labute approximate surface area is 101 Å². The molecule has 1 fully saturated rings. The van der Waals surface area contributed by atoms with Crippen molar-refractivity contribution in [2.45, 2.75) is 52.1 Å². The minimum absolute atomic E-state index is 0.196. The van der Waals surface area contributed by atoms with Crippen molar-refractivity contribution in [3.8, 4) is 0 Å². The maximum atomic E-state index is 5.60. The van der Waals surface area contributed by atoms with Crippen LogP contribution in [0.2, 0.25) is 0 Å². The first-order valence-electron chi connectivity index (χ1n) is 6.69. The van der Waals surface area contributed by atoms with Gasteiger partial charge in [0, 0.05) is 18.2 Å². The summed E-state index contributed by atoms with van der Waals surface area (Å²) in [6.45, 7) is 14.0. The predicted octanol–water partition coefficient (Wildman–Crippen LogP) is 1.88. The summed E-state index contributed by atoms with van der Waals surface area (Å²) < 4.78 is 5.60. The molecule has 1 saturated heterocycles. The summed E-state index contributed by atoms with van der Waals surface area (Å²) in [6.07, 6.45) is 2.69. The first kappa shape index (κ1) is 13.9. The third-order valence-electron chi connectivity index (χ3n) is 3.71. The van der Waals surface area contributed by atoms with Gasteiger partial charge in [0.05, 0.1) is 6.61 Å². The number of nitrogens with zero attached hydrogens (tertiary/aromatic N) is 1. The molecule has 0 amide bonds. The van der Waals surface area contributed by atoms with E-state index in [4.69, 9.17) is 4.74 Å². The van der Waals surface area contributed by atoms with Gasteiger partial charge in [-0.05, 0) is 53.2 Å². The zero-order chi connectivity index (χ0) is 12.0. The van der Waals surface area contributed by atoms with Crippen molar-refractivity contribution in [3.63, 3.8) is 0 Å². The SMILES string of the molecule is CCNC(COCC)C(C)(C)N1CCCC1. The standard InChI is InChI=1S/C13H28N2O/c1-5-14-12(11-16-6-2)13(3,4)15-9-7-8-10-15/h12,14H,5-11H2,1-4H3. The van der Waals surface area contributed by atoms with Gasteiger partial charge in [-0.1, -0.05) is 6.92 Å². The highest BCUT2D eigenvalue weighted by atomic mass is 16.5. The van der Waals surface area contributed by atoms with E-state index in [1.54, 1.807) is 0 Å². The van der Waals surface area contributed by atoms with E-state index in [0.29, 0.717) is 6.04 Å². The minimum Gasteiger partial charge on any atom is -0.380 e. The Morgan fingerprint density at radius 2 is 1.88 bits per heavy atom. The van der Waals surface area contributed by atoms with Crippen molar-refractivity contribution in [3.05, 3.63) is 0 Å². The number of likely N-dealkylation sites (tertiary alicyclic amines) is 1. The zero-order valence-electron chi connectivity index (χ0n) is 11.4. The molecule has 0 aromatic heterocycles. The maximum Gasteiger partial charge on any atom is 0.0637 e. The molecule has 1 unspecified atom stereocenters. The van der Waals surface area contributed by atoms with E-state index in [0.717, 1.165) is 19.8 Å². The van der Waals surface area contributed by atoms with Gasteiger partial charge in [0.25, 0.3) is 0 Å². The van der Waals surface area contributed by atoms with Crippen molar-refractivity contribution in [1.29, 1.82) is 0 Å². The molecule has 0 aromatic carbocycles. The average Bonchev–Trinajstić information content (AvgIpc) is 2.77. The fourth-order valence-electron chi connectivity index (χ4n) is 2.51. The Hall–Kier alpha value is -0.120. The number of likely N-dealkylation sites (N-methyl/N-ethyl adjacent to an activating group) is 1. The van der Waals surface area contributed by atoms with Crippen LogP contribution in [0.15, 0.2) is 0 Å². The summed E-state index contributed by atoms with van der Waals surface area (Å²) in [7, 11) is 0. The number of hydrogen-bond donors (Lipinski definition) is 1. The van der Waals surface area contributed by atoms with E-state index >= 15 is 0 Å². The molecule has 1 heterocycles. The van der Waals surface area contributed by atoms with Crippen LogP contribution in [0.5, 0.6) is 0 Å². The molecular weight excluding hydrogens is 200 g/mol. The van der Waals surface area contributed by atoms with Crippen LogP contribution in [0.1, 0.15) is 40.5 Å². The lowest BCUT2D eigenvalue weighted by molar-refractivity contribution is 0.0414. The van der Waals surface area contributed by atoms with Gasteiger partial charge in [-0.3, -0.25) is 4.90 Å². The molecule has 1 atom stereocenters. The third-order valence-corrected chi connectivity index (χ3v) is 3.71. The smallest absolute Gasteiger partial charge is 0.0637 e. The molecule has 96 valence electrons. The van der Waals surface area contributed by atoms with Crippen LogP contribution < -0.4 is 5.32 Å². The number of rotatable bonds is 7. The quantitative estimate of drug-likeness (QED) is 0.720. The van der Waals surface area contributed by atoms with Gasteiger partial charge in [0.1, 0.15) is 0 Å². The molecule has 1 N–H and O–H groups in total. The molecule has 1 aliphatic heterocycles. The fourth-order valence-corrected chi connectivity index (χ4v) is 2.51. The van der Waals surface area contributed by atoms with Crippen molar-refractivity contribution in [1.82, 2.24) is 10.2 Å².